The number of hydrogen-bond acceptors (Lipinski definition) is 1. The van der Waals surface area contributed by atoms with E-state index in [2.05, 4.69) is 4.74 Å². The average Bonchev–Trinajstić information content (AvgIpc) is 1.95. The molecule has 0 fully saturated rings. The van der Waals surface area contributed by atoms with Crippen molar-refractivity contribution >= 4 is 0 Å². The molecule has 0 unspecified atom stereocenters. The molecule has 1 atom stereocenters. The van der Waals surface area contributed by atoms with Crippen LogP contribution in [0.2, 0.25) is 0 Å². The molecule has 0 amide bonds. The van der Waals surface area contributed by atoms with Crippen LogP contribution in [0.5, 0.6) is 0 Å². The second-order valence-electron chi connectivity index (χ2n) is 2.45. The molecule has 1 nitrogen and oxygen atoms in total. The minimum Gasteiger partial charge on any atom is -0.496 e. The van der Waals surface area contributed by atoms with Crippen molar-refractivity contribution in [2.24, 2.45) is 0 Å². The number of hydrogen-bond donors (Lipinski definition) is 0. The molecule has 72 valence electrons. The summed E-state index contributed by atoms with van der Waals surface area (Å²) < 4.78 is 39.5. The maximum atomic E-state index is 12.1. The van der Waals surface area contributed by atoms with Gasteiger partial charge in [0.1, 0.15) is 6.61 Å². The number of alkyl halides is 3. The van der Waals surface area contributed by atoms with Crippen LogP contribution in [0.4, 0.5) is 13.2 Å². The molecule has 0 aliphatic rings. The summed E-state index contributed by atoms with van der Waals surface area (Å²) in [7, 11) is 0. The van der Waals surface area contributed by atoms with Crippen molar-refractivity contribution in [2.75, 3.05) is 6.61 Å². The standard InChI is InChI=1S/C8H13F3O/c1-7(9)4-2-3-5-12-6-8(10)11/h3,5,7-8H,2,4,6H2,1H3/t7-/m0/s1. The van der Waals surface area contributed by atoms with Gasteiger partial charge in [0, 0.05) is 0 Å². The van der Waals surface area contributed by atoms with E-state index in [0.717, 1.165) is 0 Å². The molecular formula is C8H13F3O. The van der Waals surface area contributed by atoms with E-state index in [-0.39, 0.29) is 0 Å². The van der Waals surface area contributed by atoms with E-state index in [0.29, 0.717) is 12.8 Å². The Bertz CT molecular complexity index is 109. The van der Waals surface area contributed by atoms with Crippen LogP contribution in [0.25, 0.3) is 0 Å². The molecule has 0 aromatic heterocycles. The molecule has 0 spiro atoms. The Labute approximate surface area is 70.2 Å². The van der Waals surface area contributed by atoms with Gasteiger partial charge in [-0.15, -0.1) is 0 Å². The molecule has 0 aliphatic carbocycles. The second-order valence-corrected chi connectivity index (χ2v) is 2.45. The van der Waals surface area contributed by atoms with Gasteiger partial charge >= 0.3 is 0 Å². The van der Waals surface area contributed by atoms with Crippen LogP contribution >= 0.6 is 0 Å². The molecule has 0 bridgehead atoms. The first-order chi connectivity index (χ1) is 5.63. The minimum atomic E-state index is -2.45. The van der Waals surface area contributed by atoms with Crippen LogP contribution in [0.1, 0.15) is 19.8 Å². The molecule has 0 aromatic rings. The molecular weight excluding hydrogens is 169 g/mol. The van der Waals surface area contributed by atoms with Gasteiger partial charge in [-0.3, -0.25) is 0 Å². The molecule has 0 rings (SSSR count). The first-order valence-corrected chi connectivity index (χ1v) is 3.81. The summed E-state index contributed by atoms with van der Waals surface area (Å²) in [6.45, 7) is 0.857. The highest BCUT2D eigenvalue weighted by Crippen LogP contribution is 2.01. The summed E-state index contributed by atoms with van der Waals surface area (Å²) in [5, 5.41) is 0. The van der Waals surface area contributed by atoms with E-state index in [4.69, 9.17) is 0 Å². The fourth-order valence-corrected chi connectivity index (χ4v) is 0.590. The highest BCUT2D eigenvalue weighted by Gasteiger charge is 1.99. The van der Waals surface area contributed by atoms with Crippen molar-refractivity contribution in [3.63, 3.8) is 0 Å². The highest BCUT2D eigenvalue weighted by molar-refractivity contribution is 4.74. The van der Waals surface area contributed by atoms with Crippen molar-refractivity contribution in [2.45, 2.75) is 32.4 Å². The third kappa shape index (κ3) is 9.33. The van der Waals surface area contributed by atoms with Crippen molar-refractivity contribution in [3.8, 4) is 0 Å². The first kappa shape index (κ1) is 11.3. The van der Waals surface area contributed by atoms with E-state index < -0.39 is 19.2 Å². The van der Waals surface area contributed by atoms with Crippen molar-refractivity contribution in [1.29, 1.82) is 0 Å². The molecule has 12 heavy (non-hydrogen) atoms. The number of rotatable bonds is 6. The molecule has 0 radical (unpaired) electrons. The van der Waals surface area contributed by atoms with Gasteiger partial charge in [-0.1, -0.05) is 0 Å². The summed E-state index contributed by atoms with van der Waals surface area (Å²) in [5.74, 6) is 0. The highest BCUT2D eigenvalue weighted by atomic mass is 19.3. The molecule has 0 heterocycles. The van der Waals surface area contributed by atoms with E-state index in [1.165, 1.54) is 13.2 Å². The average molecular weight is 182 g/mol. The third-order valence-corrected chi connectivity index (χ3v) is 1.15. The van der Waals surface area contributed by atoms with Crippen LogP contribution in [0, 0.1) is 0 Å². The molecule has 0 N–H and O–H groups in total. The van der Waals surface area contributed by atoms with E-state index in [9.17, 15) is 13.2 Å². The lowest BCUT2D eigenvalue weighted by Gasteiger charge is -1.98. The lowest BCUT2D eigenvalue weighted by atomic mass is 10.2. The van der Waals surface area contributed by atoms with Gasteiger partial charge in [0.05, 0.1) is 12.4 Å². The molecule has 4 heteroatoms. The van der Waals surface area contributed by atoms with Crippen LogP contribution in [-0.2, 0) is 4.74 Å². The lowest BCUT2D eigenvalue weighted by Crippen LogP contribution is -1.99. The third-order valence-electron chi connectivity index (χ3n) is 1.15. The van der Waals surface area contributed by atoms with Crippen LogP contribution in [-0.4, -0.2) is 19.2 Å². The van der Waals surface area contributed by atoms with Crippen molar-refractivity contribution < 1.29 is 17.9 Å². The Kier molecular flexibility index (Phi) is 6.61. The van der Waals surface area contributed by atoms with E-state index >= 15 is 0 Å². The van der Waals surface area contributed by atoms with Gasteiger partial charge in [-0.25, -0.2) is 13.2 Å². The Morgan fingerprint density at radius 2 is 2.00 bits per heavy atom. The predicted molar refractivity (Wildman–Crippen MR) is 40.9 cm³/mol. The zero-order valence-electron chi connectivity index (χ0n) is 6.97. The fraction of sp³-hybridized carbons (Fsp3) is 0.750. The maximum absolute atomic E-state index is 12.1. The fourth-order valence-electron chi connectivity index (χ4n) is 0.590. The maximum Gasteiger partial charge on any atom is 0.272 e. The van der Waals surface area contributed by atoms with Crippen molar-refractivity contribution in [3.05, 3.63) is 12.3 Å². The van der Waals surface area contributed by atoms with Gasteiger partial charge < -0.3 is 4.74 Å². The van der Waals surface area contributed by atoms with Gasteiger partial charge in [-0.05, 0) is 25.8 Å². The number of halogens is 3. The summed E-state index contributed by atoms with van der Waals surface area (Å²) in [5.41, 5.74) is 0. The van der Waals surface area contributed by atoms with Gasteiger partial charge in [0.25, 0.3) is 6.43 Å². The Balaban J connectivity index is 3.15. The Morgan fingerprint density at radius 3 is 2.50 bits per heavy atom. The SMILES string of the molecule is C[C@H](F)CCC=COCC(F)F. The number of allylic oxidation sites excluding steroid dienone is 1. The summed E-state index contributed by atoms with van der Waals surface area (Å²) >= 11 is 0. The van der Waals surface area contributed by atoms with Gasteiger partial charge in [-0.2, -0.15) is 0 Å². The van der Waals surface area contributed by atoms with Crippen LogP contribution in [0.3, 0.4) is 0 Å². The largest absolute Gasteiger partial charge is 0.496 e. The molecule has 0 saturated heterocycles. The Morgan fingerprint density at radius 1 is 1.33 bits per heavy atom. The predicted octanol–water partition coefficient (Wildman–Crippen LogP) is 2.92. The van der Waals surface area contributed by atoms with Crippen LogP contribution < -0.4 is 0 Å². The normalized spacial score (nSPS) is 14.1. The molecule has 0 aromatic carbocycles. The molecule has 0 aliphatic heterocycles. The number of ether oxygens (including phenoxy) is 1. The topological polar surface area (TPSA) is 9.23 Å². The summed E-state index contributed by atoms with van der Waals surface area (Å²) in [6, 6.07) is 0. The van der Waals surface area contributed by atoms with E-state index in [1.54, 1.807) is 6.08 Å². The second kappa shape index (κ2) is 7.00. The van der Waals surface area contributed by atoms with Crippen molar-refractivity contribution in [1.82, 2.24) is 0 Å². The first-order valence-electron chi connectivity index (χ1n) is 3.81. The zero-order chi connectivity index (χ0) is 9.40. The smallest absolute Gasteiger partial charge is 0.272 e. The minimum absolute atomic E-state index is 0.397. The monoisotopic (exact) mass is 182 g/mol. The Hall–Kier alpha value is -0.670. The van der Waals surface area contributed by atoms with Gasteiger partial charge in [0.15, 0.2) is 0 Å². The van der Waals surface area contributed by atoms with E-state index in [1.807, 2.05) is 0 Å². The quantitative estimate of drug-likeness (QED) is 0.574. The van der Waals surface area contributed by atoms with Gasteiger partial charge in [0.2, 0.25) is 0 Å². The van der Waals surface area contributed by atoms with Crippen LogP contribution in [0.15, 0.2) is 12.3 Å². The summed E-state index contributed by atoms with van der Waals surface area (Å²) in [6.07, 6.45) is 0.335. The lowest BCUT2D eigenvalue weighted by molar-refractivity contribution is 0.0600. The summed E-state index contributed by atoms with van der Waals surface area (Å²) in [4.78, 5) is 0. The zero-order valence-corrected chi connectivity index (χ0v) is 6.97. The molecule has 0 saturated carbocycles.